The summed E-state index contributed by atoms with van der Waals surface area (Å²) in [6.07, 6.45) is 2.73. The van der Waals surface area contributed by atoms with Gasteiger partial charge in [0, 0.05) is 12.6 Å². The van der Waals surface area contributed by atoms with Crippen LogP contribution in [0.4, 0.5) is 5.69 Å². The minimum absolute atomic E-state index is 0.00993. The fraction of sp³-hybridized carbons (Fsp3) is 0.421. The molecule has 4 aliphatic heterocycles. The number of amides is 1. The van der Waals surface area contributed by atoms with E-state index in [4.69, 9.17) is 5.11 Å². The molecule has 4 aliphatic rings. The van der Waals surface area contributed by atoms with E-state index in [9.17, 15) is 19.5 Å². The van der Waals surface area contributed by atoms with Crippen molar-refractivity contribution in [1.82, 2.24) is 9.80 Å². The van der Waals surface area contributed by atoms with Gasteiger partial charge in [0.2, 0.25) is 0 Å². The summed E-state index contributed by atoms with van der Waals surface area (Å²) in [7, 11) is 0. The third kappa shape index (κ3) is 3.06. The molecule has 4 heterocycles. The lowest BCUT2D eigenvalue weighted by atomic mass is 9.82. The summed E-state index contributed by atoms with van der Waals surface area (Å²) in [6, 6.07) is 6.77. The Labute approximate surface area is 156 Å². The molecule has 1 aromatic carbocycles. The van der Waals surface area contributed by atoms with Crippen molar-refractivity contribution < 1.29 is 24.6 Å². The van der Waals surface area contributed by atoms with Crippen LogP contribution < -0.4 is 4.90 Å². The minimum atomic E-state index is -1.34. The summed E-state index contributed by atoms with van der Waals surface area (Å²) in [5, 5.41) is 18.7. The van der Waals surface area contributed by atoms with Gasteiger partial charge in [-0.15, -0.1) is 0 Å². The Morgan fingerprint density at radius 1 is 1.11 bits per heavy atom. The van der Waals surface area contributed by atoms with Crippen molar-refractivity contribution in [2.24, 2.45) is 5.92 Å². The van der Waals surface area contributed by atoms with Gasteiger partial charge in [-0.1, -0.05) is 12.1 Å². The molecule has 0 saturated carbocycles. The smallest absolute Gasteiger partial charge is 0.352 e. The highest BCUT2D eigenvalue weighted by atomic mass is 16.4. The zero-order valence-electron chi connectivity index (χ0n) is 14.7. The van der Waals surface area contributed by atoms with Gasteiger partial charge in [0.15, 0.2) is 0 Å². The van der Waals surface area contributed by atoms with Crippen LogP contribution in [0.5, 0.6) is 0 Å². The Morgan fingerprint density at radius 3 is 2.41 bits per heavy atom. The third-order valence-electron chi connectivity index (χ3n) is 5.77. The average molecular weight is 371 g/mol. The van der Waals surface area contributed by atoms with Crippen LogP contribution in [-0.2, 0) is 9.59 Å². The van der Waals surface area contributed by atoms with Crippen LogP contribution in [0.2, 0.25) is 0 Å². The Kier molecular flexibility index (Phi) is 4.35. The Balaban J connectivity index is 1.75. The van der Waals surface area contributed by atoms with Gasteiger partial charge in [-0.3, -0.25) is 4.79 Å². The molecule has 1 aromatic rings. The summed E-state index contributed by atoms with van der Waals surface area (Å²) in [4.78, 5) is 41.5. The van der Waals surface area contributed by atoms with E-state index in [2.05, 4.69) is 4.90 Å². The van der Waals surface area contributed by atoms with Crippen LogP contribution >= 0.6 is 0 Å². The van der Waals surface area contributed by atoms with Crippen molar-refractivity contribution in [3.63, 3.8) is 0 Å². The number of rotatable bonds is 4. The molecule has 27 heavy (non-hydrogen) atoms. The molecule has 3 fully saturated rings. The summed E-state index contributed by atoms with van der Waals surface area (Å²) >= 11 is 0. The fourth-order valence-corrected chi connectivity index (χ4v) is 4.46. The molecule has 3 saturated heterocycles. The van der Waals surface area contributed by atoms with E-state index in [1.54, 1.807) is 29.2 Å². The van der Waals surface area contributed by atoms with Gasteiger partial charge in [0.25, 0.3) is 5.91 Å². The number of fused-ring (bicyclic) bond motifs is 4. The lowest BCUT2D eigenvalue weighted by Crippen LogP contribution is -2.62. The molecular weight excluding hydrogens is 350 g/mol. The average Bonchev–Trinajstić information content (AvgIpc) is 2.67. The Bertz CT molecular complexity index is 828. The van der Waals surface area contributed by atoms with Crippen LogP contribution in [0.25, 0.3) is 0 Å². The number of hydrogen-bond acceptors (Lipinski definition) is 5. The molecular formula is C19H21N3O5. The van der Waals surface area contributed by atoms with Gasteiger partial charge in [0.05, 0.1) is 24.0 Å². The molecule has 1 atom stereocenters. The largest absolute Gasteiger partial charge is 0.478 e. The van der Waals surface area contributed by atoms with Crippen molar-refractivity contribution in [1.29, 1.82) is 0 Å². The molecule has 1 amide bonds. The monoisotopic (exact) mass is 371 g/mol. The maximum Gasteiger partial charge on any atom is 0.352 e. The van der Waals surface area contributed by atoms with Crippen molar-refractivity contribution in [2.45, 2.75) is 18.9 Å². The molecule has 5 rings (SSSR count). The highest BCUT2D eigenvalue weighted by molar-refractivity contribution is 6.05. The zero-order valence-corrected chi connectivity index (χ0v) is 14.7. The van der Waals surface area contributed by atoms with Gasteiger partial charge >= 0.3 is 11.9 Å². The van der Waals surface area contributed by atoms with E-state index in [1.165, 1.54) is 4.90 Å². The van der Waals surface area contributed by atoms with E-state index in [0.29, 0.717) is 23.2 Å². The number of benzene rings is 1. The number of hydrogen-bond donors (Lipinski definition) is 2. The minimum Gasteiger partial charge on any atom is -0.478 e. The summed E-state index contributed by atoms with van der Waals surface area (Å²) in [6.45, 7) is 2.87. The van der Waals surface area contributed by atoms with Gasteiger partial charge in [-0.2, -0.15) is 0 Å². The van der Waals surface area contributed by atoms with E-state index in [-0.39, 0.29) is 24.3 Å². The summed E-state index contributed by atoms with van der Waals surface area (Å²) in [5.74, 6) is -2.41. The fourth-order valence-electron chi connectivity index (χ4n) is 4.46. The molecule has 2 bridgehead atoms. The molecule has 8 heteroatoms. The van der Waals surface area contributed by atoms with Gasteiger partial charge in [-0.25, -0.2) is 9.59 Å². The topological polar surface area (TPSA) is 101 Å². The predicted molar refractivity (Wildman–Crippen MR) is 96.3 cm³/mol. The van der Waals surface area contributed by atoms with Crippen LogP contribution in [-0.4, -0.2) is 70.2 Å². The molecule has 8 nitrogen and oxygen atoms in total. The predicted octanol–water partition coefficient (Wildman–Crippen LogP) is 1.05. The van der Waals surface area contributed by atoms with Crippen LogP contribution in [0.3, 0.4) is 0 Å². The third-order valence-corrected chi connectivity index (χ3v) is 5.77. The first-order chi connectivity index (χ1) is 13.0. The van der Waals surface area contributed by atoms with E-state index in [0.717, 1.165) is 32.5 Å². The molecule has 0 aromatic heterocycles. The normalized spacial score (nSPS) is 27.5. The lowest BCUT2D eigenvalue weighted by Gasteiger charge is -2.51. The number of aliphatic carboxylic acids is 2. The lowest BCUT2D eigenvalue weighted by molar-refractivity contribution is -0.135. The first-order valence-corrected chi connectivity index (χ1v) is 9.03. The number of carboxylic acids is 2. The second kappa shape index (κ2) is 6.70. The number of carbonyl (C=O) groups excluding carboxylic acids is 1. The van der Waals surface area contributed by atoms with Gasteiger partial charge < -0.3 is 24.9 Å². The molecule has 0 aliphatic carbocycles. The van der Waals surface area contributed by atoms with Crippen LogP contribution in [0.15, 0.2) is 36.0 Å². The standard InChI is InChI=1S/C19H21N3O5/c23-17(24)9-15(19(26)27)21-11-22(16-10-20-7-5-12(16)6-8-20)18(25)13-3-1-2-4-14(13)21/h1-4,9,12,16H,5-8,10-11H2,(H,23,24)(H,26,27)/b15-9-. The van der Waals surface area contributed by atoms with Crippen LogP contribution in [0.1, 0.15) is 23.2 Å². The van der Waals surface area contributed by atoms with Crippen molar-refractivity contribution >= 4 is 23.5 Å². The number of piperidine rings is 3. The Morgan fingerprint density at radius 2 is 1.81 bits per heavy atom. The SMILES string of the molecule is O=C(O)/C=C(/C(=O)O)N1CN(C2CN3CCC2CC3)C(=O)c2ccccc21. The highest BCUT2D eigenvalue weighted by Gasteiger charge is 2.43. The number of nitrogens with zero attached hydrogens (tertiary/aromatic N) is 3. The van der Waals surface area contributed by atoms with Crippen molar-refractivity contribution in [2.75, 3.05) is 31.2 Å². The van der Waals surface area contributed by atoms with E-state index >= 15 is 0 Å². The number of carbonyl (C=O) groups is 3. The second-order valence-electron chi connectivity index (χ2n) is 7.24. The molecule has 1 unspecified atom stereocenters. The molecule has 2 N–H and O–H groups in total. The van der Waals surface area contributed by atoms with Crippen molar-refractivity contribution in [3.05, 3.63) is 41.6 Å². The Hall–Kier alpha value is -2.87. The van der Waals surface area contributed by atoms with Crippen LogP contribution in [0, 0.1) is 5.92 Å². The number of para-hydroxylation sites is 1. The summed E-state index contributed by atoms with van der Waals surface area (Å²) < 4.78 is 0. The zero-order chi connectivity index (χ0) is 19.1. The molecule has 0 radical (unpaired) electrons. The number of carboxylic acid groups (broad SMARTS) is 2. The van der Waals surface area contributed by atoms with E-state index < -0.39 is 11.9 Å². The number of anilines is 1. The quantitative estimate of drug-likeness (QED) is 0.763. The second-order valence-corrected chi connectivity index (χ2v) is 7.24. The summed E-state index contributed by atoms with van der Waals surface area (Å²) in [5.41, 5.74) is 0.474. The molecule has 0 spiro atoms. The van der Waals surface area contributed by atoms with Gasteiger partial charge in [-0.05, 0) is 44.0 Å². The first-order valence-electron chi connectivity index (χ1n) is 9.03. The maximum atomic E-state index is 13.2. The first kappa shape index (κ1) is 17.5. The highest BCUT2D eigenvalue weighted by Crippen LogP contribution is 2.36. The van der Waals surface area contributed by atoms with Crippen molar-refractivity contribution in [3.8, 4) is 0 Å². The maximum absolute atomic E-state index is 13.2. The van der Waals surface area contributed by atoms with Gasteiger partial charge in [0.1, 0.15) is 5.70 Å². The molecule has 142 valence electrons. The van der Waals surface area contributed by atoms with E-state index in [1.807, 2.05) is 0 Å².